The summed E-state index contributed by atoms with van der Waals surface area (Å²) in [5.41, 5.74) is 4.31. The molecule has 0 atom stereocenters. The number of aromatic nitrogens is 2. The van der Waals surface area contributed by atoms with Crippen molar-refractivity contribution in [2.24, 2.45) is 0 Å². The fourth-order valence-electron chi connectivity index (χ4n) is 2.66. The van der Waals surface area contributed by atoms with Gasteiger partial charge >= 0.3 is 0 Å². The van der Waals surface area contributed by atoms with Gasteiger partial charge in [-0.3, -0.25) is 4.40 Å². The van der Waals surface area contributed by atoms with Crippen LogP contribution in [-0.2, 0) is 6.42 Å². The number of aryl methyl sites for hydroxylation is 2. The maximum atomic E-state index is 6.04. The molecule has 4 rings (SSSR count). The molecule has 3 aromatic heterocycles. The van der Waals surface area contributed by atoms with Gasteiger partial charge in [0.05, 0.1) is 0 Å². The van der Waals surface area contributed by atoms with Crippen molar-refractivity contribution in [2.75, 3.05) is 0 Å². The molecule has 0 aliphatic carbocycles. The van der Waals surface area contributed by atoms with Crippen molar-refractivity contribution in [1.29, 1.82) is 0 Å². The smallest absolute Gasteiger partial charge is 0.194 e. The highest BCUT2D eigenvalue weighted by Gasteiger charge is 2.17. The summed E-state index contributed by atoms with van der Waals surface area (Å²) in [4.78, 5) is 5.71. The predicted molar refractivity (Wildman–Crippen MR) is 82.4 cm³/mol. The summed E-state index contributed by atoms with van der Waals surface area (Å²) in [7, 11) is 0. The molecule has 4 aromatic rings. The highest BCUT2D eigenvalue weighted by atomic mass is 32.1. The molecule has 0 unspecified atom stereocenters. The lowest BCUT2D eigenvalue weighted by molar-refractivity contribution is 0.625. The van der Waals surface area contributed by atoms with E-state index >= 15 is 0 Å². The number of para-hydroxylation sites is 1. The van der Waals surface area contributed by atoms with Gasteiger partial charge in [0.25, 0.3) is 0 Å². The molecule has 0 radical (unpaired) electrons. The second kappa shape index (κ2) is 4.21. The first-order chi connectivity index (χ1) is 9.78. The fraction of sp³-hybridized carbons (Fsp3) is 0.188. The van der Waals surface area contributed by atoms with Crippen molar-refractivity contribution in [3.8, 4) is 11.5 Å². The third kappa shape index (κ3) is 1.55. The molecule has 0 N–H and O–H groups in total. The minimum absolute atomic E-state index is 0.906. The summed E-state index contributed by atoms with van der Waals surface area (Å²) in [6.45, 7) is 4.25. The van der Waals surface area contributed by atoms with Crippen molar-refractivity contribution in [3.05, 3.63) is 47.1 Å². The van der Waals surface area contributed by atoms with Gasteiger partial charge in [0.1, 0.15) is 11.3 Å². The quantitative estimate of drug-likeness (QED) is 0.534. The molecule has 3 heterocycles. The first-order valence-corrected chi connectivity index (χ1v) is 7.60. The zero-order chi connectivity index (χ0) is 13.7. The maximum Gasteiger partial charge on any atom is 0.194 e. The van der Waals surface area contributed by atoms with Gasteiger partial charge in [-0.2, -0.15) is 0 Å². The average molecular weight is 282 g/mol. The van der Waals surface area contributed by atoms with Crippen molar-refractivity contribution in [3.63, 3.8) is 0 Å². The number of hydrogen-bond acceptors (Lipinski definition) is 3. The highest BCUT2D eigenvalue weighted by molar-refractivity contribution is 7.15. The predicted octanol–water partition coefficient (Wildman–Crippen LogP) is 4.68. The van der Waals surface area contributed by atoms with E-state index in [0.717, 1.165) is 28.4 Å². The largest absolute Gasteiger partial charge is 0.454 e. The van der Waals surface area contributed by atoms with E-state index in [1.54, 1.807) is 11.3 Å². The van der Waals surface area contributed by atoms with Crippen LogP contribution in [0.25, 0.3) is 27.4 Å². The second-order valence-corrected chi connectivity index (χ2v) is 5.75. The van der Waals surface area contributed by atoms with Crippen molar-refractivity contribution < 1.29 is 4.42 Å². The standard InChI is InChI=1S/C16H14N2OS/c1-3-11-12-6-4-5-7-14(12)19-15(11)13-8-18-10(2)9-20-16(18)17-13/h4-9H,3H2,1-2H3. The third-order valence-electron chi connectivity index (χ3n) is 3.67. The van der Waals surface area contributed by atoms with Crippen LogP contribution in [-0.4, -0.2) is 9.38 Å². The van der Waals surface area contributed by atoms with Crippen LogP contribution in [0.3, 0.4) is 0 Å². The summed E-state index contributed by atoms with van der Waals surface area (Å²) in [5.74, 6) is 0.906. The van der Waals surface area contributed by atoms with E-state index in [0.29, 0.717) is 0 Å². The van der Waals surface area contributed by atoms with Crippen LogP contribution >= 0.6 is 11.3 Å². The lowest BCUT2D eigenvalue weighted by Crippen LogP contribution is -1.83. The van der Waals surface area contributed by atoms with Crippen LogP contribution in [0, 0.1) is 6.92 Å². The number of benzene rings is 1. The van der Waals surface area contributed by atoms with Crippen molar-refractivity contribution >= 4 is 27.3 Å². The molecule has 4 heteroatoms. The van der Waals surface area contributed by atoms with Gasteiger partial charge < -0.3 is 4.42 Å². The molecular formula is C16H14N2OS. The van der Waals surface area contributed by atoms with Crippen molar-refractivity contribution in [2.45, 2.75) is 20.3 Å². The van der Waals surface area contributed by atoms with Gasteiger partial charge in [-0.25, -0.2) is 4.98 Å². The molecule has 0 aliphatic rings. The van der Waals surface area contributed by atoms with Gasteiger partial charge in [-0.15, -0.1) is 11.3 Å². The zero-order valence-electron chi connectivity index (χ0n) is 11.4. The first-order valence-electron chi connectivity index (χ1n) is 6.72. The number of rotatable bonds is 2. The molecule has 1 aromatic carbocycles. The fourth-order valence-corrected chi connectivity index (χ4v) is 3.51. The molecule has 0 fully saturated rings. The van der Waals surface area contributed by atoms with Gasteiger partial charge in [-0.05, 0) is 19.4 Å². The van der Waals surface area contributed by atoms with E-state index in [2.05, 4.69) is 42.0 Å². The molecule has 0 amide bonds. The van der Waals surface area contributed by atoms with E-state index in [4.69, 9.17) is 9.40 Å². The van der Waals surface area contributed by atoms with Crippen LogP contribution < -0.4 is 0 Å². The Kier molecular flexibility index (Phi) is 2.47. The van der Waals surface area contributed by atoms with Gasteiger partial charge in [0, 0.05) is 28.2 Å². The van der Waals surface area contributed by atoms with E-state index in [1.165, 1.54) is 16.6 Å². The van der Waals surface area contributed by atoms with E-state index in [1.807, 2.05) is 12.1 Å². The number of furan rings is 1. The number of imidazole rings is 1. The maximum absolute atomic E-state index is 6.04. The topological polar surface area (TPSA) is 30.4 Å². The highest BCUT2D eigenvalue weighted by Crippen LogP contribution is 2.34. The third-order valence-corrected chi connectivity index (χ3v) is 4.63. The molecular weight excluding hydrogens is 268 g/mol. The SMILES string of the molecule is CCc1c(-c2cn3c(C)csc3n2)oc2ccccc12. The van der Waals surface area contributed by atoms with Gasteiger partial charge in [-0.1, -0.05) is 25.1 Å². The summed E-state index contributed by atoms with van der Waals surface area (Å²) in [6.07, 6.45) is 3.01. The summed E-state index contributed by atoms with van der Waals surface area (Å²) >= 11 is 1.66. The number of thiazole rings is 1. The lowest BCUT2D eigenvalue weighted by Gasteiger charge is -1.95. The molecule has 100 valence electrons. The average Bonchev–Trinajstić information content (AvgIpc) is 3.12. The first kappa shape index (κ1) is 11.7. The van der Waals surface area contributed by atoms with Gasteiger partial charge in [0.2, 0.25) is 0 Å². The van der Waals surface area contributed by atoms with E-state index < -0.39 is 0 Å². The normalized spacial score (nSPS) is 11.7. The minimum atomic E-state index is 0.906. The van der Waals surface area contributed by atoms with Crippen LogP contribution in [0.5, 0.6) is 0 Å². The minimum Gasteiger partial charge on any atom is -0.454 e. The number of fused-ring (bicyclic) bond motifs is 2. The van der Waals surface area contributed by atoms with Crippen molar-refractivity contribution in [1.82, 2.24) is 9.38 Å². The summed E-state index contributed by atoms with van der Waals surface area (Å²) in [6, 6.07) is 8.19. The Morgan fingerprint density at radius 2 is 2.15 bits per heavy atom. The molecule has 0 aliphatic heterocycles. The zero-order valence-corrected chi connectivity index (χ0v) is 12.2. The molecule has 3 nitrogen and oxygen atoms in total. The van der Waals surface area contributed by atoms with E-state index in [-0.39, 0.29) is 0 Å². The molecule has 0 bridgehead atoms. The molecule has 0 saturated carbocycles. The second-order valence-electron chi connectivity index (χ2n) is 4.92. The Balaban J connectivity index is 2.00. The summed E-state index contributed by atoms with van der Waals surface area (Å²) in [5, 5.41) is 3.31. The summed E-state index contributed by atoms with van der Waals surface area (Å²) < 4.78 is 8.16. The number of hydrogen-bond donors (Lipinski definition) is 0. The molecule has 20 heavy (non-hydrogen) atoms. The van der Waals surface area contributed by atoms with Crippen LogP contribution in [0.15, 0.2) is 40.3 Å². The van der Waals surface area contributed by atoms with Gasteiger partial charge in [0.15, 0.2) is 10.7 Å². The van der Waals surface area contributed by atoms with E-state index in [9.17, 15) is 0 Å². The number of nitrogens with zero attached hydrogens (tertiary/aromatic N) is 2. The monoisotopic (exact) mass is 282 g/mol. The Morgan fingerprint density at radius 3 is 2.95 bits per heavy atom. The van der Waals surface area contributed by atoms with Crippen LogP contribution in [0.4, 0.5) is 0 Å². The van der Waals surface area contributed by atoms with Crippen LogP contribution in [0.2, 0.25) is 0 Å². The Morgan fingerprint density at radius 1 is 1.30 bits per heavy atom. The molecule has 0 saturated heterocycles. The Bertz CT molecular complexity index is 913. The Labute approximate surface area is 120 Å². The molecule has 0 spiro atoms. The van der Waals surface area contributed by atoms with Crippen LogP contribution in [0.1, 0.15) is 18.2 Å². The Hall–Kier alpha value is -2.07. The lowest BCUT2D eigenvalue weighted by atomic mass is 10.1.